The van der Waals surface area contributed by atoms with Gasteiger partial charge >= 0.3 is 0 Å². The zero-order valence-electron chi connectivity index (χ0n) is 8.37. The van der Waals surface area contributed by atoms with Gasteiger partial charge in [0.2, 0.25) is 0 Å². The van der Waals surface area contributed by atoms with Crippen LogP contribution < -0.4 is 0 Å². The number of aryl methyl sites for hydroxylation is 1. The molecule has 0 bridgehead atoms. The van der Waals surface area contributed by atoms with Gasteiger partial charge in [0.05, 0.1) is 6.20 Å². The number of hydrogen-bond acceptors (Lipinski definition) is 2. The Kier molecular flexibility index (Phi) is 4.66. The maximum atomic E-state index is 11.4. The Balaban J connectivity index is 2.39. The Labute approximate surface area is 89.1 Å². The maximum Gasteiger partial charge on any atom is 0.137 e. The molecule has 0 amide bonds. The number of halogens is 1. The summed E-state index contributed by atoms with van der Waals surface area (Å²) in [4.78, 5) is 11.4. The standard InChI is InChI=1S/C10H15ClN2O/c1-2-13-8-9(7-12-13)6-10(14)4-3-5-11/h7-8H,2-6H2,1H3. The molecule has 78 valence electrons. The molecule has 0 unspecified atom stereocenters. The molecule has 0 saturated heterocycles. The minimum atomic E-state index is 0.237. The van der Waals surface area contributed by atoms with Gasteiger partial charge < -0.3 is 0 Å². The molecule has 0 fully saturated rings. The quantitative estimate of drug-likeness (QED) is 0.680. The molecule has 3 nitrogen and oxygen atoms in total. The Bertz CT molecular complexity index is 296. The Morgan fingerprint density at radius 3 is 3.00 bits per heavy atom. The molecule has 0 aromatic carbocycles. The van der Waals surface area contributed by atoms with Crippen LogP contribution in [-0.4, -0.2) is 21.4 Å². The molecule has 0 spiro atoms. The van der Waals surface area contributed by atoms with E-state index in [0.717, 1.165) is 18.5 Å². The Morgan fingerprint density at radius 2 is 2.43 bits per heavy atom. The molecule has 0 aliphatic rings. The number of nitrogens with zero attached hydrogens (tertiary/aromatic N) is 2. The van der Waals surface area contributed by atoms with Crippen LogP contribution in [-0.2, 0) is 17.8 Å². The second kappa shape index (κ2) is 5.81. The van der Waals surface area contributed by atoms with Gasteiger partial charge in [0.1, 0.15) is 5.78 Å². The number of alkyl halides is 1. The number of carbonyl (C=O) groups is 1. The first kappa shape index (κ1) is 11.2. The summed E-state index contributed by atoms with van der Waals surface area (Å²) in [5, 5.41) is 4.11. The molecule has 0 atom stereocenters. The van der Waals surface area contributed by atoms with Gasteiger partial charge in [-0.2, -0.15) is 5.10 Å². The molecule has 1 aromatic heterocycles. The molecule has 4 heteroatoms. The van der Waals surface area contributed by atoms with Crippen molar-refractivity contribution in [3.8, 4) is 0 Å². The lowest BCUT2D eigenvalue weighted by Gasteiger charge is -1.96. The second-order valence-corrected chi connectivity index (χ2v) is 3.59. The third-order valence-electron chi connectivity index (χ3n) is 2.00. The molecule has 14 heavy (non-hydrogen) atoms. The number of carbonyl (C=O) groups excluding carboxylic acids is 1. The highest BCUT2D eigenvalue weighted by atomic mass is 35.5. The van der Waals surface area contributed by atoms with E-state index in [1.165, 1.54) is 0 Å². The molecule has 1 heterocycles. The summed E-state index contributed by atoms with van der Waals surface area (Å²) in [7, 11) is 0. The van der Waals surface area contributed by atoms with Crippen molar-refractivity contribution in [2.75, 3.05) is 5.88 Å². The first-order valence-electron chi connectivity index (χ1n) is 4.85. The lowest BCUT2D eigenvalue weighted by Crippen LogP contribution is -2.02. The van der Waals surface area contributed by atoms with Crippen molar-refractivity contribution in [2.45, 2.75) is 32.7 Å². The number of Topliss-reactive ketones (excluding diaryl/α,β-unsaturated/α-hetero) is 1. The molecular formula is C10H15ClN2O. The molecular weight excluding hydrogens is 200 g/mol. The van der Waals surface area contributed by atoms with Crippen molar-refractivity contribution in [3.63, 3.8) is 0 Å². The third kappa shape index (κ3) is 3.50. The highest BCUT2D eigenvalue weighted by Crippen LogP contribution is 2.03. The summed E-state index contributed by atoms with van der Waals surface area (Å²) in [6, 6.07) is 0. The van der Waals surface area contributed by atoms with Crippen LogP contribution in [0.2, 0.25) is 0 Å². The SMILES string of the molecule is CCn1cc(CC(=O)CCCCl)cn1. The second-order valence-electron chi connectivity index (χ2n) is 3.21. The van der Waals surface area contributed by atoms with Crippen molar-refractivity contribution in [1.29, 1.82) is 0 Å². The third-order valence-corrected chi connectivity index (χ3v) is 2.27. The van der Waals surface area contributed by atoms with E-state index in [-0.39, 0.29) is 5.78 Å². The minimum absolute atomic E-state index is 0.237. The van der Waals surface area contributed by atoms with E-state index >= 15 is 0 Å². The van der Waals surface area contributed by atoms with Crippen LogP contribution in [0.3, 0.4) is 0 Å². The fourth-order valence-corrected chi connectivity index (χ4v) is 1.38. The first-order chi connectivity index (χ1) is 6.76. The van der Waals surface area contributed by atoms with Crippen LogP contribution in [0.15, 0.2) is 12.4 Å². The summed E-state index contributed by atoms with van der Waals surface area (Å²) < 4.78 is 1.82. The molecule has 1 aromatic rings. The van der Waals surface area contributed by atoms with Gasteiger partial charge in [-0.05, 0) is 18.9 Å². The fourth-order valence-electron chi connectivity index (χ4n) is 1.25. The van der Waals surface area contributed by atoms with E-state index in [0.29, 0.717) is 18.7 Å². The number of aromatic nitrogens is 2. The summed E-state index contributed by atoms with van der Waals surface area (Å²) >= 11 is 5.51. The van der Waals surface area contributed by atoms with Gasteiger partial charge in [0.15, 0.2) is 0 Å². The summed E-state index contributed by atoms with van der Waals surface area (Å²) in [6.07, 6.45) is 5.49. The van der Waals surface area contributed by atoms with Crippen LogP contribution in [0.4, 0.5) is 0 Å². The van der Waals surface area contributed by atoms with Crippen LogP contribution in [0.25, 0.3) is 0 Å². The lowest BCUT2D eigenvalue weighted by atomic mass is 10.1. The van der Waals surface area contributed by atoms with Gasteiger partial charge in [-0.3, -0.25) is 9.48 Å². The zero-order valence-corrected chi connectivity index (χ0v) is 9.13. The average molecular weight is 215 g/mol. The predicted molar refractivity (Wildman–Crippen MR) is 56.6 cm³/mol. The van der Waals surface area contributed by atoms with Crippen molar-refractivity contribution in [1.82, 2.24) is 9.78 Å². The van der Waals surface area contributed by atoms with Crippen molar-refractivity contribution in [3.05, 3.63) is 18.0 Å². The monoisotopic (exact) mass is 214 g/mol. The van der Waals surface area contributed by atoms with Crippen LogP contribution in [0.1, 0.15) is 25.3 Å². The van der Waals surface area contributed by atoms with Crippen molar-refractivity contribution < 1.29 is 4.79 Å². The summed E-state index contributed by atoms with van der Waals surface area (Å²) in [5.74, 6) is 0.793. The van der Waals surface area contributed by atoms with Crippen LogP contribution in [0.5, 0.6) is 0 Å². The highest BCUT2D eigenvalue weighted by molar-refractivity contribution is 6.17. The van der Waals surface area contributed by atoms with Gasteiger partial charge in [-0.25, -0.2) is 0 Å². The fraction of sp³-hybridized carbons (Fsp3) is 0.600. The van der Waals surface area contributed by atoms with Crippen molar-refractivity contribution in [2.24, 2.45) is 0 Å². The van der Waals surface area contributed by atoms with E-state index in [2.05, 4.69) is 5.10 Å². The normalized spacial score (nSPS) is 10.4. The molecule has 0 aliphatic heterocycles. The minimum Gasteiger partial charge on any atom is -0.299 e. The van der Waals surface area contributed by atoms with Gasteiger partial charge in [0, 0.05) is 31.5 Å². The van der Waals surface area contributed by atoms with Crippen LogP contribution >= 0.6 is 11.6 Å². The molecule has 0 radical (unpaired) electrons. The predicted octanol–water partition coefficient (Wildman–Crippen LogP) is 2.03. The van der Waals surface area contributed by atoms with Gasteiger partial charge in [-0.15, -0.1) is 11.6 Å². The van der Waals surface area contributed by atoms with Gasteiger partial charge in [-0.1, -0.05) is 0 Å². The smallest absolute Gasteiger partial charge is 0.137 e. The Morgan fingerprint density at radius 1 is 1.64 bits per heavy atom. The van der Waals surface area contributed by atoms with Crippen LogP contribution in [0, 0.1) is 0 Å². The summed E-state index contributed by atoms with van der Waals surface area (Å²) in [6.45, 7) is 2.86. The molecule has 1 rings (SSSR count). The highest BCUT2D eigenvalue weighted by Gasteiger charge is 2.04. The number of rotatable bonds is 6. The van der Waals surface area contributed by atoms with E-state index in [4.69, 9.17) is 11.6 Å². The summed E-state index contributed by atoms with van der Waals surface area (Å²) in [5.41, 5.74) is 0.992. The lowest BCUT2D eigenvalue weighted by molar-refractivity contribution is -0.118. The Hall–Kier alpha value is -0.830. The zero-order chi connectivity index (χ0) is 10.4. The maximum absolute atomic E-state index is 11.4. The van der Waals surface area contributed by atoms with E-state index < -0.39 is 0 Å². The first-order valence-corrected chi connectivity index (χ1v) is 5.38. The molecule has 0 aliphatic carbocycles. The molecule has 0 N–H and O–H groups in total. The molecule has 0 saturated carbocycles. The topological polar surface area (TPSA) is 34.9 Å². The largest absolute Gasteiger partial charge is 0.299 e. The van der Waals surface area contributed by atoms with Gasteiger partial charge in [0.25, 0.3) is 0 Å². The number of hydrogen-bond donors (Lipinski definition) is 0. The van der Waals surface area contributed by atoms with Crippen molar-refractivity contribution >= 4 is 17.4 Å². The van der Waals surface area contributed by atoms with E-state index in [1.54, 1.807) is 6.20 Å². The average Bonchev–Trinajstić information content (AvgIpc) is 2.62. The van der Waals surface area contributed by atoms with E-state index in [1.807, 2.05) is 17.8 Å². The number of ketones is 1. The van der Waals surface area contributed by atoms with E-state index in [9.17, 15) is 4.79 Å².